The average Bonchev–Trinajstić information content (AvgIpc) is 2.54. The third-order valence-corrected chi connectivity index (χ3v) is 2.73. The van der Waals surface area contributed by atoms with Crippen LogP contribution in [0.25, 0.3) is 0 Å². The Morgan fingerprint density at radius 1 is 1.47 bits per heavy atom. The van der Waals surface area contributed by atoms with E-state index in [0.29, 0.717) is 6.54 Å². The molecule has 2 aromatic heterocycles. The number of rotatable bonds is 2. The molecule has 0 saturated heterocycles. The molecule has 0 aliphatic rings. The molecule has 0 atom stereocenters. The van der Waals surface area contributed by atoms with Gasteiger partial charge in [-0.1, -0.05) is 0 Å². The molecule has 0 aliphatic heterocycles. The van der Waals surface area contributed by atoms with Crippen molar-refractivity contribution in [2.45, 2.75) is 13.5 Å². The van der Waals surface area contributed by atoms with Gasteiger partial charge in [0.05, 0.1) is 12.7 Å². The Morgan fingerprint density at radius 2 is 2.18 bits per heavy atom. The van der Waals surface area contributed by atoms with E-state index >= 15 is 0 Å². The van der Waals surface area contributed by atoms with E-state index in [-0.39, 0.29) is 5.82 Å². The predicted octanol–water partition coefficient (Wildman–Crippen LogP) is -0.791. The largest absolute Gasteiger partial charge is 0.385 e. The number of aromatic amines is 1. The van der Waals surface area contributed by atoms with Gasteiger partial charge in [0.25, 0.3) is 5.56 Å². The zero-order valence-electron chi connectivity index (χ0n) is 9.60. The van der Waals surface area contributed by atoms with Crippen LogP contribution in [0.5, 0.6) is 0 Å². The monoisotopic (exact) mass is 235 g/mol. The van der Waals surface area contributed by atoms with Crippen molar-refractivity contribution in [1.82, 2.24) is 19.3 Å². The van der Waals surface area contributed by atoms with Crippen LogP contribution in [0.3, 0.4) is 0 Å². The molecule has 0 aliphatic carbocycles. The van der Waals surface area contributed by atoms with E-state index in [0.717, 1.165) is 11.3 Å². The molecule has 2 heterocycles. The second-order valence-electron chi connectivity index (χ2n) is 3.83. The number of hydrogen-bond donors (Lipinski definition) is 2. The lowest BCUT2D eigenvalue weighted by atomic mass is 10.2. The standard InChI is InChI=1S/C10H13N5O2/c1-6-7(4-12-14(6)2)5-15-8(11)3-9(16)13-10(15)17/h3-4H,5,11H2,1-2H3,(H,13,16,17). The van der Waals surface area contributed by atoms with Crippen molar-refractivity contribution < 1.29 is 0 Å². The van der Waals surface area contributed by atoms with Crippen LogP contribution in [0.4, 0.5) is 5.82 Å². The van der Waals surface area contributed by atoms with Crippen LogP contribution in [0.1, 0.15) is 11.3 Å². The highest BCUT2D eigenvalue weighted by Gasteiger charge is 2.08. The highest BCUT2D eigenvalue weighted by molar-refractivity contribution is 5.28. The summed E-state index contributed by atoms with van der Waals surface area (Å²) in [6, 6.07) is 1.19. The molecule has 0 bridgehead atoms. The van der Waals surface area contributed by atoms with Crippen LogP contribution >= 0.6 is 0 Å². The minimum atomic E-state index is -0.516. The first-order chi connectivity index (χ1) is 7.99. The molecule has 0 unspecified atom stereocenters. The lowest BCUT2D eigenvalue weighted by Gasteiger charge is -2.07. The van der Waals surface area contributed by atoms with Crippen molar-refractivity contribution in [1.29, 1.82) is 0 Å². The maximum absolute atomic E-state index is 11.6. The van der Waals surface area contributed by atoms with E-state index in [1.807, 2.05) is 14.0 Å². The summed E-state index contributed by atoms with van der Waals surface area (Å²) in [7, 11) is 1.82. The fourth-order valence-electron chi connectivity index (χ4n) is 1.57. The van der Waals surface area contributed by atoms with E-state index < -0.39 is 11.2 Å². The first-order valence-electron chi connectivity index (χ1n) is 5.06. The predicted molar refractivity (Wildman–Crippen MR) is 62.8 cm³/mol. The van der Waals surface area contributed by atoms with Crippen molar-refractivity contribution in [3.63, 3.8) is 0 Å². The molecular weight excluding hydrogens is 222 g/mol. The van der Waals surface area contributed by atoms with Crippen molar-refractivity contribution in [3.05, 3.63) is 44.4 Å². The molecule has 90 valence electrons. The third kappa shape index (κ3) is 1.99. The van der Waals surface area contributed by atoms with Gasteiger partial charge < -0.3 is 5.73 Å². The third-order valence-electron chi connectivity index (χ3n) is 2.73. The maximum atomic E-state index is 11.6. The average molecular weight is 235 g/mol. The topological polar surface area (TPSA) is 98.7 Å². The molecule has 3 N–H and O–H groups in total. The lowest BCUT2D eigenvalue weighted by Crippen LogP contribution is -2.31. The highest BCUT2D eigenvalue weighted by Crippen LogP contribution is 2.08. The Kier molecular flexibility index (Phi) is 2.58. The van der Waals surface area contributed by atoms with Crippen molar-refractivity contribution in [3.8, 4) is 0 Å². The number of nitrogens with one attached hydrogen (secondary N) is 1. The summed E-state index contributed by atoms with van der Waals surface area (Å²) in [6.07, 6.45) is 1.67. The Bertz CT molecular complexity index is 664. The van der Waals surface area contributed by atoms with Gasteiger partial charge in [-0.3, -0.25) is 19.0 Å². The Balaban J connectivity index is 2.47. The van der Waals surface area contributed by atoms with Crippen molar-refractivity contribution in [2.75, 3.05) is 5.73 Å². The number of nitrogens with two attached hydrogens (primary N) is 1. The Morgan fingerprint density at radius 3 is 2.71 bits per heavy atom. The van der Waals surface area contributed by atoms with Gasteiger partial charge in [0.1, 0.15) is 5.82 Å². The van der Waals surface area contributed by atoms with Crippen molar-refractivity contribution >= 4 is 5.82 Å². The van der Waals surface area contributed by atoms with Crippen LogP contribution in [0, 0.1) is 6.92 Å². The number of hydrogen-bond acceptors (Lipinski definition) is 4. The molecule has 7 nitrogen and oxygen atoms in total. The molecule has 0 amide bonds. The second-order valence-corrected chi connectivity index (χ2v) is 3.83. The summed E-state index contributed by atoms with van der Waals surface area (Å²) in [6.45, 7) is 2.19. The van der Waals surface area contributed by atoms with Crippen LogP contribution in [-0.4, -0.2) is 19.3 Å². The van der Waals surface area contributed by atoms with Gasteiger partial charge in [0.2, 0.25) is 0 Å². The Hall–Kier alpha value is -2.31. The van der Waals surface area contributed by atoms with E-state index in [2.05, 4.69) is 10.1 Å². The summed E-state index contributed by atoms with van der Waals surface area (Å²) < 4.78 is 3.01. The first-order valence-corrected chi connectivity index (χ1v) is 5.06. The van der Waals surface area contributed by atoms with E-state index in [1.54, 1.807) is 10.9 Å². The molecule has 0 saturated carbocycles. The zero-order valence-corrected chi connectivity index (χ0v) is 9.60. The minimum absolute atomic E-state index is 0.141. The summed E-state index contributed by atoms with van der Waals surface area (Å²) >= 11 is 0. The van der Waals surface area contributed by atoms with Crippen LogP contribution in [0.15, 0.2) is 21.9 Å². The van der Waals surface area contributed by atoms with Crippen LogP contribution < -0.4 is 17.0 Å². The lowest BCUT2D eigenvalue weighted by molar-refractivity contribution is 0.714. The number of nitrogen functional groups attached to an aromatic ring is 1. The van der Waals surface area contributed by atoms with E-state index in [9.17, 15) is 9.59 Å². The first kappa shape index (κ1) is 11.2. The van der Waals surface area contributed by atoms with Gasteiger partial charge >= 0.3 is 5.69 Å². The molecule has 0 spiro atoms. The smallest absolute Gasteiger partial charge is 0.330 e. The van der Waals surface area contributed by atoms with Crippen LogP contribution in [-0.2, 0) is 13.6 Å². The zero-order chi connectivity index (χ0) is 12.6. The normalized spacial score (nSPS) is 10.7. The fraction of sp³-hybridized carbons (Fsp3) is 0.300. The fourth-order valence-corrected chi connectivity index (χ4v) is 1.57. The molecule has 0 fully saturated rings. The van der Waals surface area contributed by atoms with Gasteiger partial charge in [-0.05, 0) is 6.92 Å². The highest BCUT2D eigenvalue weighted by atomic mass is 16.2. The Labute approximate surface area is 96.5 Å². The minimum Gasteiger partial charge on any atom is -0.385 e. The van der Waals surface area contributed by atoms with Crippen molar-refractivity contribution in [2.24, 2.45) is 7.05 Å². The van der Waals surface area contributed by atoms with E-state index in [1.165, 1.54) is 10.6 Å². The molecule has 0 aromatic carbocycles. The number of aromatic nitrogens is 4. The number of H-pyrrole nitrogens is 1. The number of aryl methyl sites for hydroxylation is 1. The molecule has 7 heteroatoms. The number of anilines is 1. The molecular formula is C10H13N5O2. The summed E-state index contributed by atoms with van der Waals surface area (Å²) in [5.41, 5.74) is 6.46. The van der Waals surface area contributed by atoms with E-state index in [4.69, 9.17) is 5.73 Å². The molecule has 17 heavy (non-hydrogen) atoms. The number of nitrogens with zero attached hydrogens (tertiary/aromatic N) is 3. The molecule has 2 rings (SSSR count). The van der Waals surface area contributed by atoms with Gasteiger partial charge in [0.15, 0.2) is 0 Å². The van der Waals surface area contributed by atoms with Gasteiger partial charge in [-0.15, -0.1) is 0 Å². The molecule has 0 radical (unpaired) electrons. The second kappa shape index (κ2) is 3.93. The maximum Gasteiger partial charge on any atom is 0.330 e. The summed E-state index contributed by atoms with van der Waals surface area (Å²) in [5, 5.41) is 4.08. The quantitative estimate of drug-likeness (QED) is 0.712. The summed E-state index contributed by atoms with van der Waals surface area (Å²) in [4.78, 5) is 24.8. The van der Waals surface area contributed by atoms with Gasteiger partial charge in [-0.2, -0.15) is 5.10 Å². The van der Waals surface area contributed by atoms with Gasteiger partial charge in [0, 0.05) is 24.4 Å². The SMILES string of the molecule is Cc1c(Cn2c(N)cc(=O)[nH]c2=O)cnn1C. The van der Waals surface area contributed by atoms with Crippen LogP contribution in [0.2, 0.25) is 0 Å². The summed E-state index contributed by atoms with van der Waals surface area (Å²) in [5.74, 6) is 0.141. The van der Waals surface area contributed by atoms with Gasteiger partial charge in [-0.25, -0.2) is 4.79 Å². The molecule has 2 aromatic rings.